The standard InChI is InChI=1S/C17H18N4O3S/c1-4-21-12(7-10(2)19-21)16(22)18-17-20(3)11-8-13-14(9-15(11)25-17)24-6-5-23-13/h7-9H,4-6H2,1-3H3. The fourth-order valence-corrected chi connectivity index (χ4v) is 3.90. The van der Waals surface area contributed by atoms with E-state index in [1.54, 1.807) is 10.7 Å². The number of hydrogen-bond acceptors (Lipinski definition) is 5. The first-order valence-corrected chi connectivity index (χ1v) is 8.91. The summed E-state index contributed by atoms with van der Waals surface area (Å²) in [6, 6.07) is 5.64. The molecule has 0 fully saturated rings. The Hall–Kier alpha value is -2.61. The smallest absolute Gasteiger partial charge is 0.297 e. The van der Waals surface area contributed by atoms with Crippen molar-refractivity contribution in [1.82, 2.24) is 14.3 Å². The largest absolute Gasteiger partial charge is 0.486 e. The third kappa shape index (κ3) is 2.72. The summed E-state index contributed by atoms with van der Waals surface area (Å²) < 4.78 is 15.8. The summed E-state index contributed by atoms with van der Waals surface area (Å²) in [4.78, 5) is 17.6. The van der Waals surface area contributed by atoms with E-state index in [4.69, 9.17) is 9.47 Å². The first-order chi connectivity index (χ1) is 12.1. The second-order valence-electron chi connectivity index (χ2n) is 5.81. The van der Waals surface area contributed by atoms with Gasteiger partial charge in [-0.1, -0.05) is 11.3 Å². The Bertz CT molecular complexity index is 1040. The number of fused-ring (bicyclic) bond motifs is 2. The lowest BCUT2D eigenvalue weighted by Crippen LogP contribution is -2.16. The van der Waals surface area contributed by atoms with E-state index in [9.17, 15) is 4.79 Å². The van der Waals surface area contributed by atoms with Crippen molar-refractivity contribution in [2.75, 3.05) is 13.2 Å². The normalized spacial score (nSPS) is 14.3. The van der Waals surface area contributed by atoms with Gasteiger partial charge in [-0.3, -0.25) is 9.48 Å². The van der Waals surface area contributed by atoms with Crippen molar-refractivity contribution < 1.29 is 14.3 Å². The van der Waals surface area contributed by atoms with Gasteiger partial charge in [0.05, 0.1) is 15.9 Å². The van der Waals surface area contributed by atoms with Crippen LogP contribution in [-0.4, -0.2) is 33.5 Å². The summed E-state index contributed by atoms with van der Waals surface area (Å²) in [5.74, 6) is 1.17. The third-order valence-corrected chi connectivity index (χ3v) is 5.19. The summed E-state index contributed by atoms with van der Waals surface area (Å²) in [7, 11) is 1.89. The van der Waals surface area contributed by atoms with Gasteiger partial charge in [-0.25, -0.2) is 0 Å². The number of benzene rings is 1. The Morgan fingerprint density at radius 3 is 2.72 bits per heavy atom. The van der Waals surface area contributed by atoms with Crippen LogP contribution < -0.4 is 14.3 Å². The summed E-state index contributed by atoms with van der Waals surface area (Å²) in [5.41, 5.74) is 2.27. The molecule has 0 bridgehead atoms. The predicted molar refractivity (Wildman–Crippen MR) is 94.3 cm³/mol. The van der Waals surface area contributed by atoms with E-state index in [1.165, 1.54) is 11.3 Å². The number of nitrogens with zero attached hydrogens (tertiary/aromatic N) is 4. The number of amides is 1. The topological polar surface area (TPSA) is 70.6 Å². The van der Waals surface area contributed by atoms with Crippen LogP contribution >= 0.6 is 11.3 Å². The van der Waals surface area contributed by atoms with Crippen molar-refractivity contribution in [1.29, 1.82) is 0 Å². The molecule has 2 aromatic heterocycles. The highest BCUT2D eigenvalue weighted by molar-refractivity contribution is 7.16. The molecule has 0 saturated carbocycles. The highest BCUT2D eigenvalue weighted by Gasteiger charge is 2.17. The van der Waals surface area contributed by atoms with E-state index in [-0.39, 0.29) is 5.91 Å². The highest BCUT2D eigenvalue weighted by atomic mass is 32.1. The molecule has 0 radical (unpaired) electrons. The molecule has 130 valence electrons. The fourth-order valence-electron chi connectivity index (χ4n) is 2.87. The third-order valence-electron chi connectivity index (χ3n) is 4.09. The van der Waals surface area contributed by atoms with Gasteiger partial charge in [-0.05, 0) is 19.9 Å². The predicted octanol–water partition coefficient (Wildman–Crippen LogP) is 2.28. The minimum Gasteiger partial charge on any atom is -0.486 e. The maximum atomic E-state index is 12.6. The van der Waals surface area contributed by atoms with Gasteiger partial charge in [0.2, 0.25) is 0 Å². The van der Waals surface area contributed by atoms with Crippen LogP contribution in [0.3, 0.4) is 0 Å². The van der Waals surface area contributed by atoms with E-state index in [0.29, 0.717) is 30.3 Å². The van der Waals surface area contributed by atoms with Crippen LogP contribution in [0.15, 0.2) is 23.2 Å². The number of ether oxygens (including phenoxy) is 2. The van der Waals surface area contributed by atoms with Crippen molar-refractivity contribution in [3.8, 4) is 11.5 Å². The Morgan fingerprint density at radius 1 is 1.28 bits per heavy atom. The SMILES string of the molecule is CCn1nc(C)cc1C(=O)N=c1sc2cc3c(cc2n1C)OCCO3. The molecule has 0 aliphatic carbocycles. The monoisotopic (exact) mass is 358 g/mol. The summed E-state index contributed by atoms with van der Waals surface area (Å²) in [5, 5.41) is 4.31. The Balaban J connectivity index is 1.81. The molecule has 8 heteroatoms. The fraction of sp³-hybridized carbons (Fsp3) is 0.353. The minimum absolute atomic E-state index is 0.290. The van der Waals surface area contributed by atoms with Crippen LogP contribution in [0.4, 0.5) is 0 Å². The van der Waals surface area contributed by atoms with E-state index in [0.717, 1.165) is 27.4 Å². The maximum absolute atomic E-state index is 12.6. The quantitative estimate of drug-likeness (QED) is 0.705. The molecular weight excluding hydrogens is 340 g/mol. The zero-order chi connectivity index (χ0) is 17.6. The lowest BCUT2D eigenvalue weighted by Gasteiger charge is -2.18. The zero-order valence-corrected chi connectivity index (χ0v) is 15.1. The lowest BCUT2D eigenvalue weighted by molar-refractivity contribution is 0.0988. The molecule has 3 aromatic rings. The molecule has 0 spiro atoms. The van der Waals surface area contributed by atoms with Crippen LogP contribution in [0.5, 0.6) is 11.5 Å². The van der Waals surface area contributed by atoms with E-state index >= 15 is 0 Å². The molecule has 1 amide bonds. The number of carbonyl (C=O) groups excluding carboxylic acids is 1. The molecule has 1 aliphatic heterocycles. The van der Waals surface area contributed by atoms with Gasteiger partial charge in [0.25, 0.3) is 5.91 Å². The van der Waals surface area contributed by atoms with E-state index < -0.39 is 0 Å². The van der Waals surface area contributed by atoms with Gasteiger partial charge in [0, 0.05) is 25.7 Å². The molecule has 0 saturated heterocycles. The van der Waals surface area contributed by atoms with Crippen LogP contribution in [0.1, 0.15) is 23.1 Å². The maximum Gasteiger partial charge on any atom is 0.297 e. The number of aromatic nitrogens is 3. The van der Waals surface area contributed by atoms with Crippen LogP contribution in [0.2, 0.25) is 0 Å². The molecule has 7 nitrogen and oxygen atoms in total. The van der Waals surface area contributed by atoms with Crippen LogP contribution in [-0.2, 0) is 13.6 Å². The molecule has 0 N–H and O–H groups in total. The van der Waals surface area contributed by atoms with Gasteiger partial charge in [-0.2, -0.15) is 10.1 Å². The van der Waals surface area contributed by atoms with Gasteiger partial charge >= 0.3 is 0 Å². The van der Waals surface area contributed by atoms with Gasteiger partial charge in [0.15, 0.2) is 16.3 Å². The number of hydrogen-bond donors (Lipinski definition) is 0. The average Bonchev–Trinajstić information content (AvgIpc) is 3.13. The second-order valence-corrected chi connectivity index (χ2v) is 6.82. The summed E-state index contributed by atoms with van der Waals surface area (Å²) in [6.07, 6.45) is 0. The number of thiazole rings is 1. The van der Waals surface area contributed by atoms with Gasteiger partial charge in [0.1, 0.15) is 18.9 Å². The average molecular weight is 358 g/mol. The van der Waals surface area contributed by atoms with Crippen molar-refractivity contribution in [2.24, 2.45) is 12.0 Å². The van der Waals surface area contributed by atoms with Crippen LogP contribution in [0.25, 0.3) is 10.2 Å². The molecular formula is C17H18N4O3S. The second kappa shape index (κ2) is 6.03. The van der Waals surface area contributed by atoms with Crippen molar-refractivity contribution >= 4 is 27.5 Å². The molecule has 0 atom stereocenters. The van der Waals surface area contributed by atoms with Gasteiger partial charge < -0.3 is 14.0 Å². The highest BCUT2D eigenvalue weighted by Crippen LogP contribution is 2.35. The molecule has 4 rings (SSSR count). The molecule has 1 aromatic carbocycles. The first-order valence-electron chi connectivity index (χ1n) is 8.09. The zero-order valence-electron chi connectivity index (χ0n) is 14.3. The minimum atomic E-state index is -0.290. The first kappa shape index (κ1) is 15.9. The van der Waals surface area contributed by atoms with E-state index in [1.807, 2.05) is 37.6 Å². The lowest BCUT2D eigenvalue weighted by atomic mass is 10.3. The Morgan fingerprint density at radius 2 is 2.00 bits per heavy atom. The van der Waals surface area contributed by atoms with Gasteiger partial charge in [-0.15, -0.1) is 0 Å². The molecule has 1 aliphatic rings. The number of aryl methyl sites for hydroxylation is 3. The van der Waals surface area contributed by atoms with E-state index in [2.05, 4.69) is 10.1 Å². The Kier molecular flexibility index (Phi) is 3.84. The molecule has 0 unspecified atom stereocenters. The summed E-state index contributed by atoms with van der Waals surface area (Å²) >= 11 is 1.45. The summed E-state index contributed by atoms with van der Waals surface area (Å²) in [6.45, 7) is 5.54. The number of rotatable bonds is 2. The Labute approximate surface area is 148 Å². The van der Waals surface area contributed by atoms with Crippen molar-refractivity contribution in [3.05, 3.63) is 34.4 Å². The van der Waals surface area contributed by atoms with Crippen LogP contribution in [0, 0.1) is 6.92 Å². The van der Waals surface area contributed by atoms with Crippen molar-refractivity contribution in [3.63, 3.8) is 0 Å². The number of carbonyl (C=O) groups is 1. The van der Waals surface area contributed by atoms with Crippen molar-refractivity contribution in [2.45, 2.75) is 20.4 Å². The molecule has 25 heavy (non-hydrogen) atoms. The molecule has 3 heterocycles.